The second kappa shape index (κ2) is 11.9. The number of methoxy groups -OCH3 is 1. The van der Waals surface area contributed by atoms with E-state index in [-0.39, 0.29) is 22.5 Å². The molecule has 3 aliphatic rings. The van der Waals surface area contributed by atoms with Crippen LogP contribution in [0.15, 0.2) is 70.3 Å². The number of piperazine rings is 1. The summed E-state index contributed by atoms with van der Waals surface area (Å²) >= 11 is 7.90. The van der Waals surface area contributed by atoms with E-state index >= 15 is 0 Å². The monoisotopic (exact) mass is 636 g/mol. The number of nitrogens with one attached hydrogen (secondary N) is 1. The number of anilines is 1. The molecular weight excluding hydrogens is 603 g/mol. The largest absolute Gasteiger partial charge is 0.466 e. The Morgan fingerprint density at radius 3 is 2.70 bits per heavy atom. The van der Waals surface area contributed by atoms with Crippen LogP contribution in [-0.4, -0.2) is 78.5 Å². The molecule has 3 aliphatic heterocycles. The van der Waals surface area contributed by atoms with Gasteiger partial charge in [-0.25, -0.2) is 19.0 Å². The van der Waals surface area contributed by atoms with E-state index in [4.69, 9.17) is 21.3 Å². The van der Waals surface area contributed by atoms with Gasteiger partial charge in [0.15, 0.2) is 10.8 Å². The lowest BCUT2D eigenvalue weighted by molar-refractivity contribution is -0.136. The summed E-state index contributed by atoms with van der Waals surface area (Å²) < 4.78 is 19.2. The molecule has 2 atom stereocenters. The number of amidine groups is 1. The summed E-state index contributed by atoms with van der Waals surface area (Å²) in [6.45, 7) is 9.22. The summed E-state index contributed by atoms with van der Waals surface area (Å²) in [6.07, 6.45) is 1.68. The molecule has 0 unspecified atom stereocenters. The van der Waals surface area contributed by atoms with Crippen LogP contribution in [0.2, 0.25) is 5.02 Å². The summed E-state index contributed by atoms with van der Waals surface area (Å²) in [5.74, 6) is -0.546. The van der Waals surface area contributed by atoms with E-state index in [1.165, 1.54) is 36.1 Å². The van der Waals surface area contributed by atoms with Gasteiger partial charge in [-0.1, -0.05) is 50.6 Å². The van der Waals surface area contributed by atoms with E-state index in [2.05, 4.69) is 48.1 Å². The third kappa shape index (κ3) is 5.83. The molecule has 4 heterocycles. The van der Waals surface area contributed by atoms with Crippen molar-refractivity contribution < 1.29 is 18.7 Å². The normalized spacial score (nSPS) is 20.9. The molecule has 0 saturated carbocycles. The van der Waals surface area contributed by atoms with Crippen LogP contribution in [0.5, 0.6) is 0 Å². The number of hydrogen-bond acceptors (Lipinski definition) is 8. The van der Waals surface area contributed by atoms with Crippen molar-refractivity contribution in [3.05, 3.63) is 92.3 Å². The van der Waals surface area contributed by atoms with Crippen LogP contribution in [0.3, 0.4) is 0 Å². The number of amides is 2. The zero-order valence-electron chi connectivity index (χ0n) is 25.0. The predicted octanol–water partition coefficient (Wildman–Crippen LogP) is 5.38. The number of esters is 1. The Morgan fingerprint density at radius 1 is 1.18 bits per heavy atom. The number of thiazole rings is 1. The van der Waals surface area contributed by atoms with Crippen LogP contribution < -0.4 is 10.2 Å². The number of fused-ring (bicyclic) bond motifs is 1. The standard InChI is InChI=1S/C32H34ClFN6O3S/c1-32(2,3)19-6-5-7-21(14-19)40-17-22-16-38(11-12-39(22)31(40)42)18-25-26(30(41)43-4)27(23-9-8-20(34)15-24(23)33)37-28(36-25)29-35-10-13-44-29/h5-10,13-15,22,27H,11-12,16-18H2,1-4H3,(H,36,37)/t22-,27-/m0/s1. The van der Waals surface area contributed by atoms with Crippen molar-refractivity contribution in [3.8, 4) is 0 Å². The minimum atomic E-state index is -0.828. The van der Waals surface area contributed by atoms with Gasteiger partial charge in [-0.2, -0.15) is 0 Å². The third-order valence-corrected chi connectivity index (χ3v) is 9.37. The molecule has 230 valence electrons. The Bertz CT molecular complexity index is 1650. The first kappa shape index (κ1) is 30.2. The molecule has 2 aromatic carbocycles. The molecule has 0 spiro atoms. The van der Waals surface area contributed by atoms with Gasteiger partial charge in [-0.05, 0) is 35.2 Å². The molecule has 0 bridgehead atoms. The molecule has 12 heteroatoms. The van der Waals surface area contributed by atoms with Crippen molar-refractivity contribution >= 4 is 46.5 Å². The Morgan fingerprint density at radius 2 is 2.00 bits per heavy atom. The number of hydrogen-bond donors (Lipinski definition) is 1. The molecule has 1 N–H and O–H groups in total. The van der Waals surface area contributed by atoms with Crippen LogP contribution >= 0.6 is 22.9 Å². The molecular formula is C32H34ClFN6O3S. The first-order chi connectivity index (χ1) is 21.0. The van der Waals surface area contributed by atoms with Crippen LogP contribution in [-0.2, 0) is 14.9 Å². The second-order valence-electron chi connectivity index (χ2n) is 12.2. The summed E-state index contributed by atoms with van der Waals surface area (Å²) in [7, 11) is 1.32. The molecule has 0 aliphatic carbocycles. The van der Waals surface area contributed by atoms with Crippen molar-refractivity contribution in [3.63, 3.8) is 0 Å². The van der Waals surface area contributed by atoms with Crippen LogP contribution in [0.25, 0.3) is 0 Å². The number of nitrogens with zero attached hydrogens (tertiary/aromatic N) is 5. The minimum Gasteiger partial charge on any atom is -0.466 e. The van der Waals surface area contributed by atoms with Gasteiger partial charge in [0.05, 0.1) is 18.7 Å². The fraction of sp³-hybridized carbons (Fsp3) is 0.375. The summed E-state index contributed by atoms with van der Waals surface area (Å²) in [6, 6.07) is 11.4. The number of carbonyl (C=O) groups is 2. The number of aliphatic imine (C=N–C) groups is 1. The maximum atomic E-state index is 14.0. The van der Waals surface area contributed by atoms with Crippen LogP contribution in [0.1, 0.15) is 42.9 Å². The van der Waals surface area contributed by atoms with Crippen LogP contribution in [0.4, 0.5) is 14.9 Å². The molecule has 9 nitrogen and oxygen atoms in total. The highest BCUT2D eigenvalue weighted by molar-refractivity contribution is 7.11. The smallest absolute Gasteiger partial charge is 0.338 e. The highest BCUT2D eigenvalue weighted by atomic mass is 35.5. The van der Waals surface area contributed by atoms with Gasteiger partial charge < -0.3 is 15.0 Å². The molecule has 3 aromatic rings. The van der Waals surface area contributed by atoms with Crippen LogP contribution in [0, 0.1) is 5.82 Å². The molecule has 2 fully saturated rings. The topological polar surface area (TPSA) is 90.4 Å². The molecule has 1 aromatic heterocycles. The fourth-order valence-electron chi connectivity index (χ4n) is 5.96. The van der Waals surface area contributed by atoms with E-state index in [9.17, 15) is 14.0 Å². The predicted molar refractivity (Wildman–Crippen MR) is 170 cm³/mol. The SMILES string of the molecule is COC(=O)C1=C(CN2CCN3C(=O)N(c4cccc(C(C)(C)C)c4)C[C@@H]3C2)NC(c2nccs2)=N[C@H]1c1ccc(F)cc1Cl. The van der Waals surface area contributed by atoms with Gasteiger partial charge in [-0.3, -0.25) is 14.8 Å². The summed E-state index contributed by atoms with van der Waals surface area (Å²) in [5, 5.41) is 6.00. The Kier molecular flexibility index (Phi) is 8.21. The van der Waals surface area contributed by atoms with Crippen molar-refractivity contribution in [2.75, 3.05) is 44.7 Å². The van der Waals surface area contributed by atoms with Crippen molar-refractivity contribution in [2.24, 2.45) is 4.99 Å². The van der Waals surface area contributed by atoms with Gasteiger partial charge in [0, 0.05) is 66.3 Å². The lowest BCUT2D eigenvalue weighted by atomic mass is 9.87. The number of rotatable bonds is 6. The number of aromatic nitrogens is 1. The van der Waals surface area contributed by atoms with Gasteiger partial charge in [-0.15, -0.1) is 11.3 Å². The molecule has 2 saturated heterocycles. The molecule has 44 heavy (non-hydrogen) atoms. The molecule has 6 rings (SSSR count). The minimum absolute atomic E-state index is 0.00942. The van der Waals surface area contributed by atoms with E-state index in [1.54, 1.807) is 12.3 Å². The third-order valence-electron chi connectivity index (χ3n) is 8.27. The summed E-state index contributed by atoms with van der Waals surface area (Å²) in [5.41, 5.74) is 3.43. The van der Waals surface area contributed by atoms with Crippen molar-refractivity contribution in [1.29, 1.82) is 0 Å². The maximum Gasteiger partial charge on any atom is 0.338 e. The van der Waals surface area contributed by atoms with Crippen molar-refractivity contribution in [2.45, 2.75) is 38.3 Å². The first-order valence-corrected chi connectivity index (χ1v) is 15.7. The number of ether oxygens (including phenoxy) is 1. The van der Waals surface area contributed by atoms with Gasteiger partial charge in [0.2, 0.25) is 0 Å². The average Bonchev–Trinajstić information content (AvgIpc) is 3.65. The van der Waals surface area contributed by atoms with Gasteiger partial charge in [0.1, 0.15) is 11.9 Å². The lowest BCUT2D eigenvalue weighted by Crippen LogP contribution is -2.53. The van der Waals surface area contributed by atoms with E-state index < -0.39 is 17.8 Å². The lowest BCUT2D eigenvalue weighted by Gasteiger charge is -2.38. The Hall–Kier alpha value is -3.80. The Balaban J connectivity index is 1.29. The fourth-order valence-corrected chi connectivity index (χ4v) is 6.82. The zero-order valence-corrected chi connectivity index (χ0v) is 26.6. The zero-order chi connectivity index (χ0) is 31.2. The quantitative estimate of drug-likeness (QED) is 0.366. The van der Waals surface area contributed by atoms with E-state index in [0.717, 1.165) is 5.69 Å². The number of halogens is 2. The number of benzene rings is 2. The summed E-state index contributed by atoms with van der Waals surface area (Å²) in [4.78, 5) is 42.1. The van der Waals surface area contributed by atoms with Gasteiger partial charge >= 0.3 is 12.0 Å². The van der Waals surface area contributed by atoms with E-state index in [1.807, 2.05) is 27.3 Å². The second-order valence-corrected chi connectivity index (χ2v) is 13.5. The highest BCUT2D eigenvalue weighted by Gasteiger charge is 2.42. The first-order valence-electron chi connectivity index (χ1n) is 14.5. The highest BCUT2D eigenvalue weighted by Crippen LogP contribution is 2.37. The molecule has 0 radical (unpaired) electrons. The average molecular weight is 637 g/mol. The van der Waals surface area contributed by atoms with Gasteiger partial charge in [0.25, 0.3) is 0 Å². The van der Waals surface area contributed by atoms with Crippen molar-refractivity contribution in [1.82, 2.24) is 20.1 Å². The van der Waals surface area contributed by atoms with E-state index in [0.29, 0.717) is 60.4 Å². The number of urea groups is 1. The Labute approximate surface area is 265 Å². The maximum absolute atomic E-state index is 14.0. The molecule has 2 amide bonds. The number of carbonyl (C=O) groups excluding carboxylic acids is 2.